The third kappa shape index (κ3) is 2.99. The van der Waals surface area contributed by atoms with Crippen molar-refractivity contribution in [3.8, 4) is 0 Å². The molecule has 0 aromatic carbocycles. The van der Waals surface area contributed by atoms with Crippen LogP contribution in [0.3, 0.4) is 0 Å². The number of fused-ring (bicyclic) bond motifs is 2. The highest BCUT2D eigenvalue weighted by molar-refractivity contribution is 14.2. The average molecular weight is 445 g/mol. The zero-order valence-electron chi connectivity index (χ0n) is 13.7. The van der Waals surface area contributed by atoms with E-state index in [4.69, 9.17) is 4.99 Å². The van der Waals surface area contributed by atoms with E-state index in [0.717, 1.165) is 22.8 Å². The minimum Gasteiger partial charge on any atom is -0.340 e. The third-order valence-electron chi connectivity index (χ3n) is 4.08. The van der Waals surface area contributed by atoms with Crippen molar-refractivity contribution < 1.29 is 0 Å². The number of halogens is 1. The largest absolute Gasteiger partial charge is 0.340 e. The predicted octanol–water partition coefficient (Wildman–Crippen LogP) is 2.64. The van der Waals surface area contributed by atoms with Crippen LogP contribution in [-0.2, 0) is 0 Å². The van der Waals surface area contributed by atoms with Crippen LogP contribution >= 0.6 is 20.7 Å². The van der Waals surface area contributed by atoms with E-state index in [9.17, 15) is 4.79 Å². The first-order chi connectivity index (χ1) is 12.1. The van der Waals surface area contributed by atoms with E-state index >= 15 is 0 Å². The normalized spacial score (nSPS) is 16.2. The van der Waals surface area contributed by atoms with E-state index in [1.165, 1.54) is 3.57 Å². The molecule has 1 aliphatic heterocycles. The summed E-state index contributed by atoms with van der Waals surface area (Å²) in [6, 6.07) is 7.57. The first-order valence-electron chi connectivity index (χ1n) is 7.87. The van der Waals surface area contributed by atoms with Gasteiger partial charge in [0, 0.05) is 25.8 Å². The summed E-state index contributed by atoms with van der Waals surface area (Å²) in [6.07, 6.45) is 3.50. The van der Waals surface area contributed by atoms with Gasteiger partial charge in [-0.1, -0.05) is 20.7 Å². The zero-order valence-corrected chi connectivity index (χ0v) is 15.9. The smallest absolute Gasteiger partial charge is 0.257 e. The molecule has 3 aromatic rings. The molecule has 6 nitrogen and oxygen atoms in total. The molecule has 0 bridgehead atoms. The summed E-state index contributed by atoms with van der Waals surface area (Å²) in [6.45, 7) is 3.86. The molecule has 4 rings (SSSR count). The number of hydrogen-bond acceptors (Lipinski definition) is 4. The fourth-order valence-electron chi connectivity index (χ4n) is 2.80. The van der Waals surface area contributed by atoms with E-state index < -0.39 is 0 Å². The number of nitrogens with zero attached hydrogens (tertiary/aromatic N) is 3. The molecule has 126 valence electrons. The topological polar surface area (TPSA) is 83.0 Å². The molecule has 4 heterocycles. The van der Waals surface area contributed by atoms with Crippen molar-refractivity contribution in [3.63, 3.8) is 0 Å². The molecule has 0 amide bonds. The summed E-state index contributed by atoms with van der Waals surface area (Å²) in [5.74, 6) is 0.743. The minimum atomic E-state index is -0.221. The van der Waals surface area contributed by atoms with Crippen LogP contribution in [0.2, 0.25) is 0 Å². The van der Waals surface area contributed by atoms with Crippen molar-refractivity contribution >= 4 is 41.6 Å². The molecule has 3 aromatic heterocycles. The monoisotopic (exact) mass is 445 g/mol. The van der Waals surface area contributed by atoms with Gasteiger partial charge in [0.25, 0.3) is 5.56 Å². The van der Waals surface area contributed by atoms with Crippen molar-refractivity contribution in [1.82, 2.24) is 20.3 Å². The Balaban J connectivity index is 1.77. The Morgan fingerprint density at radius 3 is 3.00 bits per heavy atom. The molecule has 7 heteroatoms. The van der Waals surface area contributed by atoms with Gasteiger partial charge in [0.15, 0.2) is 5.84 Å². The predicted molar refractivity (Wildman–Crippen MR) is 108 cm³/mol. The standard InChI is InChI=1S/C18H16IN5O/c1-10-5-7-20-14-8-13(24-18(25)15(10)14)11(2)23-17-16-12(19-9-22-17)4-3-6-21-16/h3-9,11H,1-2H3,(H,22,23)(H,24,25). The Bertz CT molecular complexity index is 1090. The summed E-state index contributed by atoms with van der Waals surface area (Å²) in [4.78, 5) is 28.9. The number of aromatic amines is 1. The summed E-state index contributed by atoms with van der Waals surface area (Å²) < 4.78 is 3.32. The second-order valence-electron chi connectivity index (χ2n) is 5.79. The molecule has 1 unspecified atom stereocenters. The van der Waals surface area contributed by atoms with Gasteiger partial charge < -0.3 is 10.3 Å². The van der Waals surface area contributed by atoms with Crippen molar-refractivity contribution in [2.24, 2.45) is 4.99 Å². The Kier molecular flexibility index (Phi) is 4.16. The van der Waals surface area contributed by atoms with E-state index in [0.29, 0.717) is 10.9 Å². The van der Waals surface area contributed by atoms with Gasteiger partial charge in [-0.25, -0.2) is 0 Å². The second-order valence-corrected chi connectivity index (χ2v) is 8.20. The highest BCUT2D eigenvalue weighted by Crippen LogP contribution is 2.22. The number of rotatable bonds is 2. The molecule has 0 fully saturated rings. The van der Waals surface area contributed by atoms with Gasteiger partial charge in [-0.15, -0.1) is 0 Å². The molecule has 1 atom stereocenters. The maximum absolute atomic E-state index is 12.4. The lowest BCUT2D eigenvalue weighted by Crippen LogP contribution is -2.28. The highest BCUT2D eigenvalue weighted by Gasteiger charge is 2.16. The fourth-order valence-corrected chi connectivity index (χ4v) is 4.69. The van der Waals surface area contributed by atoms with E-state index in [2.05, 4.69) is 30.5 Å². The fraction of sp³-hybridized carbons (Fsp3) is 0.167. The average Bonchev–Trinajstić information content (AvgIpc) is 2.62. The van der Waals surface area contributed by atoms with Crippen molar-refractivity contribution in [3.05, 3.63) is 67.5 Å². The molecule has 0 spiro atoms. The lowest BCUT2D eigenvalue weighted by atomic mass is 10.1. The van der Waals surface area contributed by atoms with Crippen LogP contribution < -0.4 is 10.9 Å². The van der Waals surface area contributed by atoms with Crippen LogP contribution in [0.15, 0.2) is 46.4 Å². The van der Waals surface area contributed by atoms with E-state index in [-0.39, 0.29) is 32.3 Å². The van der Waals surface area contributed by atoms with Gasteiger partial charge >= 0.3 is 0 Å². The van der Waals surface area contributed by atoms with Crippen molar-refractivity contribution in [2.45, 2.75) is 19.9 Å². The maximum Gasteiger partial charge on any atom is 0.257 e. The lowest BCUT2D eigenvalue weighted by Gasteiger charge is -2.15. The van der Waals surface area contributed by atoms with Crippen LogP contribution in [0.4, 0.5) is 0 Å². The number of pyridine rings is 3. The number of aromatic nitrogens is 3. The Morgan fingerprint density at radius 1 is 1.24 bits per heavy atom. The molecular weight excluding hydrogens is 429 g/mol. The van der Waals surface area contributed by atoms with Crippen molar-refractivity contribution in [1.29, 1.82) is 0 Å². The second kappa shape index (κ2) is 6.47. The molecule has 25 heavy (non-hydrogen) atoms. The number of amidine groups is 1. The first-order valence-corrected chi connectivity index (χ1v) is 10.2. The summed E-state index contributed by atoms with van der Waals surface area (Å²) in [5.41, 5.74) is 3.13. The van der Waals surface area contributed by atoms with Gasteiger partial charge in [-0.05, 0) is 43.7 Å². The summed E-state index contributed by atoms with van der Waals surface area (Å²) in [5, 5.41) is 3.87. The number of nitrogens with one attached hydrogen (secondary N) is 2. The van der Waals surface area contributed by atoms with Crippen LogP contribution in [0.25, 0.3) is 10.9 Å². The minimum absolute atomic E-state index is 0.127. The van der Waals surface area contributed by atoms with Gasteiger partial charge in [-0.2, -0.15) is 0 Å². The quantitative estimate of drug-likeness (QED) is 0.595. The number of aryl methyl sites for hydroxylation is 1. The molecule has 0 saturated carbocycles. The third-order valence-corrected chi connectivity index (χ3v) is 6.25. The molecule has 2 N–H and O–H groups in total. The highest BCUT2D eigenvalue weighted by atomic mass is 127. The van der Waals surface area contributed by atoms with Gasteiger partial charge in [0.05, 0.1) is 16.9 Å². The first kappa shape index (κ1) is 16.1. The lowest BCUT2D eigenvalue weighted by molar-refractivity contribution is 0.776. The van der Waals surface area contributed by atoms with Gasteiger partial charge in [0.1, 0.15) is 5.69 Å². The molecule has 0 radical (unpaired) electrons. The van der Waals surface area contributed by atoms with Gasteiger partial charge in [0.2, 0.25) is 0 Å². The SMILES string of the molecule is Cc1ccnc2cc(C(C)N=C3NC=Ic4cccnc43)[nH]c(=O)c12. The molecule has 1 aliphatic rings. The van der Waals surface area contributed by atoms with Crippen LogP contribution in [0.5, 0.6) is 0 Å². The number of hydrogen-bond donors (Lipinski definition) is 2. The zero-order chi connectivity index (χ0) is 17.4. The van der Waals surface area contributed by atoms with Crippen LogP contribution in [-0.4, -0.2) is 24.9 Å². The van der Waals surface area contributed by atoms with E-state index in [1.54, 1.807) is 12.4 Å². The summed E-state index contributed by atoms with van der Waals surface area (Å²) >= 11 is -0.194. The van der Waals surface area contributed by atoms with Gasteiger partial charge in [-0.3, -0.25) is 19.8 Å². The molecular formula is C18H16IN5O. The number of aliphatic imine (C=N–C) groups is 1. The van der Waals surface area contributed by atoms with Crippen molar-refractivity contribution in [2.75, 3.05) is 0 Å². The maximum atomic E-state index is 12.4. The Morgan fingerprint density at radius 2 is 2.12 bits per heavy atom. The van der Waals surface area contributed by atoms with Crippen LogP contribution in [0.1, 0.15) is 29.9 Å². The molecule has 0 saturated heterocycles. The Hall–Kier alpha value is -2.42. The molecule has 0 aliphatic carbocycles. The summed E-state index contributed by atoms with van der Waals surface area (Å²) in [7, 11) is 0. The van der Waals surface area contributed by atoms with Crippen LogP contribution in [0, 0.1) is 10.5 Å². The number of H-pyrrole nitrogens is 1. The Labute approximate surface area is 154 Å². The van der Waals surface area contributed by atoms with E-state index in [1.807, 2.05) is 32.0 Å².